The molecule has 0 saturated heterocycles. The number of carboxylic acid groups (broad SMARTS) is 1. The Labute approximate surface area is 137 Å². The fraction of sp³-hybridized carbons (Fsp3) is 0.444. The fourth-order valence-corrected chi connectivity index (χ4v) is 2.22. The van der Waals surface area contributed by atoms with E-state index in [2.05, 4.69) is 5.32 Å². The number of rotatable bonds is 5. The summed E-state index contributed by atoms with van der Waals surface area (Å²) in [5, 5.41) is 11.8. The second-order valence-corrected chi connectivity index (χ2v) is 6.45. The quantitative estimate of drug-likeness (QED) is 0.806. The van der Waals surface area contributed by atoms with E-state index in [0.717, 1.165) is 16.7 Å². The number of alkyl carbamates (subject to hydrolysis) is 1. The summed E-state index contributed by atoms with van der Waals surface area (Å²) in [7, 11) is 0. The minimum absolute atomic E-state index is 0.355. The van der Waals surface area contributed by atoms with Gasteiger partial charge in [-0.25, -0.2) is 9.59 Å². The topological polar surface area (TPSA) is 75.6 Å². The Morgan fingerprint density at radius 1 is 1.22 bits per heavy atom. The summed E-state index contributed by atoms with van der Waals surface area (Å²) in [6, 6.07) is 3.68. The molecule has 0 unspecified atom stereocenters. The summed E-state index contributed by atoms with van der Waals surface area (Å²) in [5.41, 5.74) is 2.28. The van der Waals surface area contributed by atoms with Crippen molar-refractivity contribution in [1.82, 2.24) is 5.32 Å². The lowest BCUT2D eigenvalue weighted by Crippen LogP contribution is -2.32. The zero-order valence-electron chi connectivity index (χ0n) is 14.4. The second-order valence-electron chi connectivity index (χ2n) is 6.45. The van der Waals surface area contributed by atoms with Crippen molar-refractivity contribution in [3.05, 3.63) is 40.5 Å². The van der Waals surface area contributed by atoms with Gasteiger partial charge in [-0.05, 0) is 57.7 Å². The molecule has 0 radical (unpaired) electrons. The zero-order valence-corrected chi connectivity index (χ0v) is 14.4. The maximum Gasteiger partial charge on any atom is 0.407 e. The molecule has 0 heterocycles. The first-order chi connectivity index (χ1) is 10.6. The molecule has 0 spiro atoms. The maximum atomic E-state index is 11.5. The standard InChI is InChI=1S/C18H25NO4/c1-12-10-14(11-13(2)15(12)16(20)21)8-6-7-9-19-17(22)23-18(3,4)5/h6,8,10-11H,7,9H2,1-5H3,(H,19,22)(H,20,21). The highest BCUT2D eigenvalue weighted by molar-refractivity contribution is 5.91. The van der Waals surface area contributed by atoms with Crippen molar-refractivity contribution >= 4 is 18.1 Å². The molecule has 1 amide bonds. The zero-order chi connectivity index (χ0) is 17.6. The number of ether oxygens (including phenoxy) is 1. The van der Waals surface area contributed by atoms with Gasteiger partial charge in [0.1, 0.15) is 5.60 Å². The van der Waals surface area contributed by atoms with Gasteiger partial charge >= 0.3 is 12.1 Å². The van der Waals surface area contributed by atoms with Crippen LogP contribution in [0.3, 0.4) is 0 Å². The Bertz CT molecular complexity index is 589. The highest BCUT2D eigenvalue weighted by atomic mass is 16.6. The first-order valence-corrected chi connectivity index (χ1v) is 7.58. The Morgan fingerprint density at radius 2 is 1.78 bits per heavy atom. The van der Waals surface area contributed by atoms with Gasteiger partial charge < -0.3 is 15.2 Å². The summed E-state index contributed by atoms with van der Waals surface area (Å²) >= 11 is 0. The highest BCUT2D eigenvalue weighted by Crippen LogP contribution is 2.18. The lowest BCUT2D eigenvalue weighted by atomic mass is 9.99. The number of nitrogens with one attached hydrogen (secondary N) is 1. The van der Waals surface area contributed by atoms with E-state index in [0.29, 0.717) is 18.5 Å². The third-order valence-corrected chi connectivity index (χ3v) is 3.06. The molecule has 1 rings (SSSR count). The van der Waals surface area contributed by atoms with Crippen molar-refractivity contribution in [2.24, 2.45) is 0 Å². The molecule has 1 aromatic carbocycles. The van der Waals surface area contributed by atoms with Crippen LogP contribution < -0.4 is 5.32 Å². The van der Waals surface area contributed by atoms with Crippen LogP contribution in [-0.4, -0.2) is 29.3 Å². The average molecular weight is 319 g/mol. The molecule has 0 aliphatic carbocycles. The predicted octanol–water partition coefficient (Wildman–Crippen LogP) is 3.93. The van der Waals surface area contributed by atoms with Gasteiger partial charge in [-0.1, -0.05) is 24.3 Å². The Hall–Kier alpha value is -2.30. The van der Waals surface area contributed by atoms with Gasteiger partial charge in [-0.2, -0.15) is 0 Å². The summed E-state index contributed by atoms with van der Waals surface area (Å²) in [5.74, 6) is -0.905. The number of aryl methyl sites for hydroxylation is 2. The SMILES string of the molecule is Cc1cc(C=CCCNC(=O)OC(C)(C)C)cc(C)c1C(=O)O. The van der Waals surface area contributed by atoms with Gasteiger partial charge in [0.25, 0.3) is 0 Å². The number of amides is 1. The van der Waals surface area contributed by atoms with Crippen LogP contribution in [0.5, 0.6) is 0 Å². The van der Waals surface area contributed by atoms with Crippen LogP contribution in [0.15, 0.2) is 18.2 Å². The second kappa shape index (κ2) is 7.81. The number of hydrogen-bond donors (Lipinski definition) is 2. The molecule has 0 atom stereocenters. The molecule has 5 nitrogen and oxygen atoms in total. The van der Waals surface area contributed by atoms with Crippen molar-refractivity contribution in [3.8, 4) is 0 Å². The number of carbonyl (C=O) groups excluding carboxylic acids is 1. The summed E-state index contributed by atoms with van der Waals surface area (Å²) < 4.78 is 5.14. The Morgan fingerprint density at radius 3 is 2.26 bits per heavy atom. The van der Waals surface area contributed by atoms with Gasteiger partial charge in [-0.3, -0.25) is 0 Å². The van der Waals surface area contributed by atoms with Crippen LogP contribution in [0, 0.1) is 13.8 Å². The molecule has 0 bridgehead atoms. The molecule has 0 saturated carbocycles. The van der Waals surface area contributed by atoms with Gasteiger partial charge in [-0.15, -0.1) is 0 Å². The highest BCUT2D eigenvalue weighted by Gasteiger charge is 2.15. The van der Waals surface area contributed by atoms with E-state index in [9.17, 15) is 9.59 Å². The van der Waals surface area contributed by atoms with Crippen LogP contribution in [0.1, 0.15) is 54.2 Å². The van der Waals surface area contributed by atoms with Crippen molar-refractivity contribution in [3.63, 3.8) is 0 Å². The normalized spacial score (nSPS) is 11.5. The molecule has 23 heavy (non-hydrogen) atoms. The minimum Gasteiger partial charge on any atom is -0.478 e. The molecular weight excluding hydrogens is 294 g/mol. The Balaban J connectivity index is 2.53. The monoisotopic (exact) mass is 319 g/mol. The molecule has 0 aromatic heterocycles. The minimum atomic E-state index is -0.905. The average Bonchev–Trinajstić information content (AvgIpc) is 2.34. The smallest absolute Gasteiger partial charge is 0.407 e. The summed E-state index contributed by atoms with van der Waals surface area (Å²) in [4.78, 5) is 22.6. The first kappa shape index (κ1) is 18.7. The molecular formula is C18H25NO4. The Kier molecular flexibility index (Phi) is 6.37. The molecule has 126 valence electrons. The van der Waals surface area contributed by atoms with Gasteiger partial charge in [0, 0.05) is 6.54 Å². The predicted molar refractivity (Wildman–Crippen MR) is 90.8 cm³/mol. The van der Waals surface area contributed by atoms with Crippen LogP contribution in [0.4, 0.5) is 4.79 Å². The number of aromatic carboxylic acids is 1. The molecule has 5 heteroatoms. The molecule has 0 fully saturated rings. The van der Waals surface area contributed by atoms with Crippen molar-refractivity contribution in [2.75, 3.05) is 6.54 Å². The van der Waals surface area contributed by atoms with Gasteiger partial charge in [0.15, 0.2) is 0 Å². The number of carbonyl (C=O) groups is 2. The number of benzene rings is 1. The van der Waals surface area contributed by atoms with Crippen molar-refractivity contribution in [1.29, 1.82) is 0 Å². The van der Waals surface area contributed by atoms with Crippen LogP contribution in [0.2, 0.25) is 0 Å². The van der Waals surface area contributed by atoms with Crippen LogP contribution >= 0.6 is 0 Å². The van der Waals surface area contributed by atoms with Gasteiger partial charge in [0.2, 0.25) is 0 Å². The van der Waals surface area contributed by atoms with Crippen LogP contribution in [-0.2, 0) is 4.74 Å². The van der Waals surface area contributed by atoms with E-state index in [-0.39, 0.29) is 0 Å². The third-order valence-electron chi connectivity index (χ3n) is 3.06. The molecule has 2 N–H and O–H groups in total. The lowest BCUT2D eigenvalue weighted by Gasteiger charge is -2.19. The maximum absolute atomic E-state index is 11.5. The number of carboxylic acids is 1. The van der Waals surface area contributed by atoms with Crippen LogP contribution in [0.25, 0.3) is 6.08 Å². The first-order valence-electron chi connectivity index (χ1n) is 7.58. The molecule has 1 aromatic rings. The summed E-state index contributed by atoms with van der Waals surface area (Å²) in [6.45, 7) is 9.51. The van der Waals surface area contributed by atoms with E-state index in [1.165, 1.54) is 0 Å². The molecule has 0 aliphatic rings. The molecule has 0 aliphatic heterocycles. The largest absolute Gasteiger partial charge is 0.478 e. The lowest BCUT2D eigenvalue weighted by molar-refractivity contribution is 0.0528. The van der Waals surface area contributed by atoms with Gasteiger partial charge in [0.05, 0.1) is 5.56 Å². The van der Waals surface area contributed by atoms with E-state index in [1.807, 2.05) is 45.1 Å². The van der Waals surface area contributed by atoms with E-state index < -0.39 is 17.7 Å². The van der Waals surface area contributed by atoms with Crippen molar-refractivity contribution in [2.45, 2.75) is 46.6 Å². The third kappa shape index (κ3) is 6.55. The summed E-state index contributed by atoms with van der Waals surface area (Å²) in [6.07, 6.45) is 4.09. The van der Waals surface area contributed by atoms with E-state index >= 15 is 0 Å². The van der Waals surface area contributed by atoms with E-state index in [4.69, 9.17) is 9.84 Å². The fourth-order valence-electron chi connectivity index (χ4n) is 2.22. The number of hydrogen-bond acceptors (Lipinski definition) is 3. The van der Waals surface area contributed by atoms with Crippen molar-refractivity contribution < 1.29 is 19.4 Å². The van der Waals surface area contributed by atoms with E-state index in [1.54, 1.807) is 13.8 Å².